The smallest absolute Gasteiger partial charge is 0.546 e. The van der Waals surface area contributed by atoms with E-state index in [2.05, 4.69) is 30.5 Å². The molecule has 1 aromatic carbocycles. The molecule has 5 N–H and O–H groups in total. The van der Waals surface area contributed by atoms with E-state index in [-0.39, 0.29) is 122 Å². The zero-order chi connectivity index (χ0) is 36.7. The van der Waals surface area contributed by atoms with E-state index >= 15 is 0 Å². The SMILES string of the molecule is Cc1cc(SCC2=C(C(=O)[O-])N3C(=O)[C@@H](NC(=O)/C(=N\O[C@H](C(=O)[O-])c4ccc(O)c(O)c4)c4csc(N)n4)[C@H]3SC2)n2nc(C(=O)[O-])nc2n1.[Na+].[Na+].[Na+]. The summed E-state index contributed by atoms with van der Waals surface area (Å²) in [6.45, 7) is 1.65. The minimum atomic E-state index is -1.97. The molecule has 0 radical (unpaired) electrons. The molecule has 3 aromatic heterocycles. The number of nitrogens with zero attached hydrogens (tertiary/aromatic N) is 7. The summed E-state index contributed by atoms with van der Waals surface area (Å²) in [5.41, 5.74) is 5.15. The van der Waals surface area contributed by atoms with E-state index in [1.165, 1.54) is 9.90 Å². The molecule has 0 aliphatic carbocycles. The molecular weight excluding hydrogens is 804 g/mol. The number of aliphatic carboxylic acids is 2. The molecule has 5 heterocycles. The number of nitrogens with one attached hydrogen (secondary N) is 1. The molecular formula is C28H20N9Na3O11S3. The van der Waals surface area contributed by atoms with Gasteiger partial charge in [0.1, 0.15) is 28.1 Å². The summed E-state index contributed by atoms with van der Waals surface area (Å²) in [6, 6.07) is 3.33. The molecule has 4 aromatic rings. The summed E-state index contributed by atoms with van der Waals surface area (Å²) in [6.07, 6.45) is -1.97. The molecule has 0 saturated carbocycles. The maximum atomic E-state index is 13.5. The second-order valence-electron chi connectivity index (χ2n) is 10.6. The number of phenols is 2. The molecule has 3 atom stereocenters. The Kier molecular flexibility index (Phi) is 15.8. The normalized spacial score (nSPS) is 16.9. The van der Waals surface area contributed by atoms with Gasteiger partial charge in [0.05, 0.1) is 17.6 Å². The van der Waals surface area contributed by atoms with Crippen molar-refractivity contribution in [3.8, 4) is 11.5 Å². The number of nitrogens with two attached hydrogens (primary N) is 1. The fourth-order valence-electron chi connectivity index (χ4n) is 4.95. The third kappa shape index (κ3) is 9.35. The second kappa shape index (κ2) is 18.8. The molecule has 54 heavy (non-hydrogen) atoms. The Morgan fingerprint density at radius 3 is 2.43 bits per heavy atom. The van der Waals surface area contributed by atoms with Gasteiger partial charge in [0, 0.05) is 28.1 Å². The molecule has 6 rings (SSSR count). The van der Waals surface area contributed by atoms with Crippen molar-refractivity contribution in [2.75, 3.05) is 17.2 Å². The van der Waals surface area contributed by atoms with Gasteiger partial charge in [0.25, 0.3) is 17.6 Å². The number of carbonyl (C=O) groups excluding carboxylic acids is 5. The van der Waals surface area contributed by atoms with E-state index in [0.29, 0.717) is 16.3 Å². The van der Waals surface area contributed by atoms with Gasteiger partial charge in [0.2, 0.25) is 0 Å². The van der Waals surface area contributed by atoms with Crippen LogP contribution in [-0.4, -0.2) is 98.0 Å². The van der Waals surface area contributed by atoms with E-state index in [1.807, 2.05) is 0 Å². The van der Waals surface area contributed by atoms with Crippen molar-refractivity contribution in [3.63, 3.8) is 0 Å². The van der Waals surface area contributed by atoms with Crippen molar-refractivity contribution >= 4 is 81.2 Å². The number of β-lactam (4-membered cyclic amide) rings is 1. The summed E-state index contributed by atoms with van der Waals surface area (Å²) >= 11 is 3.15. The first-order valence-corrected chi connectivity index (χ1v) is 17.1. The van der Waals surface area contributed by atoms with Gasteiger partial charge in [-0.05, 0) is 30.7 Å². The van der Waals surface area contributed by atoms with Crippen LogP contribution in [0.25, 0.3) is 5.78 Å². The molecule has 0 spiro atoms. The van der Waals surface area contributed by atoms with E-state index < -0.39 is 76.0 Å². The number of hydrogen-bond donors (Lipinski definition) is 4. The first-order valence-electron chi connectivity index (χ1n) is 14.2. The zero-order valence-corrected chi connectivity index (χ0v) is 37.0. The van der Waals surface area contributed by atoms with Crippen LogP contribution >= 0.6 is 34.9 Å². The van der Waals surface area contributed by atoms with Gasteiger partial charge in [-0.15, -0.1) is 40.0 Å². The van der Waals surface area contributed by atoms with Crippen LogP contribution in [0.5, 0.6) is 11.5 Å². The average molecular weight is 824 g/mol. The van der Waals surface area contributed by atoms with Gasteiger partial charge in [-0.2, -0.15) is 9.50 Å². The van der Waals surface area contributed by atoms with Crippen molar-refractivity contribution in [2.45, 2.75) is 29.5 Å². The van der Waals surface area contributed by atoms with E-state index in [0.717, 1.165) is 58.0 Å². The zero-order valence-electron chi connectivity index (χ0n) is 28.5. The molecule has 2 aliphatic heterocycles. The van der Waals surface area contributed by atoms with Crippen LogP contribution in [-0.2, 0) is 24.0 Å². The topological polar surface area (TPSA) is 314 Å². The number of oxime groups is 1. The molecule has 0 unspecified atom stereocenters. The first-order chi connectivity index (χ1) is 24.2. The van der Waals surface area contributed by atoms with Crippen molar-refractivity contribution in [2.24, 2.45) is 5.16 Å². The minimum Gasteiger partial charge on any atom is -0.546 e. The fourth-order valence-corrected chi connectivity index (χ4v) is 8.03. The summed E-state index contributed by atoms with van der Waals surface area (Å²) in [7, 11) is 0. The predicted octanol–water partition coefficient (Wildman–Crippen LogP) is -12.3. The van der Waals surface area contributed by atoms with Gasteiger partial charge in [-0.3, -0.25) is 14.5 Å². The monoisotopic (exact) mass is 823 g/mol. The number of aryl methyl sites for hydroxylation is 1. The number of thioether (sulfide) groups is 2. The quantitative estimate of drug-likeness (QED) is 0.0196. The molecule has 2 aliphatic rings. The summed E-state index contributed by atoms with van der Waals surface area (Å²) in [4.78, 5) is 80.3. The molecule has 26 heteroatoms. The molecule has 20 nitrogen and oxygen atoms in total. The summed E-state index contributed by atoms with van der Waals surface area (Å²) in [5, 5.41) is 65.6. The van der Waals surface area contributed by atoms with Gasteiger partial charge >= 0.3 is 88.7 Å². The Balaban J connectivity index is 0.00000261. The Bertz CT molecular complexity index is 2220. The molecule has 1 saturated heterocycles. The Labute approximate surface area is 381 Å². The Morgan fingerprint density at radius 2 is 1.81 bits per heavy atom. The standard InChI is InChI=1S/C28H23N9O11S3.3Na/c1-9-4-15(37-28(30-9)33-20(34-37)26(46)47)49-6-11-7-50-23-17(22(41)36(23)18(11)24(42)43)32-21(40)16(12-8-51-27(29)31-12)35-48-19(25(44)45)10-2-3-13(38)14(39)5-10;;;/h2-5,8,17,19,23,38-39H,6-7H2,1H3,(H2,29,31)(H,32,40)(H,42,43)(H,44,45)(H,46,47);;;/q;3*+1/p-3/b35-16-;;;/t17-,19+,23-;;;/m1.../s1. The van der Waals surface area contributed by atoms with Crippen molar-refractivity contribution in [3.05, 3.63) is 63.7 Å². The average Bonchev–Trinajstić information content (AvgIpc) is 3.71. The number of aromatic hydroxyl groups is 2. The summed E-state index contributed by atoms with van der Waals surface area (Å²) in [5.74, 6) is -8.61. The maximum Gasteiger partial charge on any atom is 1.00 e. The maximum absolute atomic E-state index is 13.5. The predicted molar refractivity (Wildman–Crippen MR) is 169 cm³/mol. The largest absolute Gasteiger partial charge is 1.00 e. The van der Waals surface area contributed by atoms with Gasteiger partial charge in [-0.1, -0.05) is 11.2 Å². The van der Waals surface area contributed by atoms with Crippen LogP contribution in [0.3, 0.4) is 0 Å². The number of carboxylic acids is 3. The van der Waals surface area contributed by atoms with Gasteiger partial charge in [0.15, 0.2) is 34.3 Å². The van der Waals surface area contributed by atoms with E-state index in [4.69, 9.17) is 10.6 Å². The number of aromatic carboxylic acids is 1. The number of aromatic nitrogens is 5. The molecule has 264 valence electrons. The van der Waals surface area contributed by atoms with Crippen LogP contribution < -0.4 is 115 Å². The number of benzene rings is 1. The number of hydrogen-bond acceptors (Lipinski definition) is 20. The Morgan fingerprint density at radius 1 is 1.09 bits per heavy atom. The van der Waals surface area contributed by atoms with E-state index in [9.17, 15) is 49.5 Å². The van der Waals surface area contributed by atoms with Crippen molar-refractivity contribution in [1.82, 2.24) is 34.8 Å². The van der Waals surface area contributed by atoms with Crippen molar-refractivity contribution < 1.29 is 143 Å². The number of nitrogen functional groups attached to an aromatic ring is 1. The van der Waals surface area contributed by atoms with Gasteiger partial charge in [-0.25, -0.2) is 9.97 Å². The minimum absolute atomic E-state index is 0. The molecule has 1 fully saturated rings. The second-order valence-corrected chi connectivity index (χ2v) is 13.6. The third-order valence-corrected chi connectivity index (χ3v) is 10.3. The van der Waals surface area contributed by atoms with Crippen LogP contribution in [0, 0.1) is 6.92 Å². The number of fused-ring (bicyclic) bond motifs is 2. The Hall–Kier alpha value is -2.94. The number of thiazole rings is 1. The fraction of sp³-hybridized carbons (Fsp3) is 0.214. The van der Waals surface area contributed by atoms with Crippen molar-refractivity contribution in [1.29, 1.82) is 0 Å². The van der Waals surface area contributed by atoms with Crippen LogP contribution in [0.15, 0.2) is 51.1 Å². The number of rotatable bonds is 12. The van der Waals surface area contributed by atoms with Gasteiger partial charge < -0.3 is 55.8 Å². The number of anilines is 1. The van der Waals surface area contributed by atoms with E-state index in [1.54, 1.807) is 13.0 Å². The van der Waals surface area contributed by atoms with Crippen LogP contribution in [0.2, 0.25) is 0 Å². The third-order valence-electron chi connectivity index (χ3n) is 7.26. The number of carboxylic acid groups (broad SMARTS) is 3. The van der Waals surface area contributed by atoms with Crippen LogP contribution in [0.1, 0.15) is 33.7 Å². The molecule has 2 amide bonds. The summed E-state index contributed by atoms with van der Waals surface area (Å²) < 4.78 is 1.17. The first kappa shape index (κ1) is 45.4. The molecule has 0 bridgehead atoms. The number of phenolic OH excluding ortho intramolecular Hbond substituents is 2. The number of amides is 2. The number of carbonyl (C=O) groups is 5. The van der Waals surface area contributed by atoms with Crippen LogP contribution in [0.4, 0.5) is 5.13 Å².